The smallest absolute Gasteiger partial charge is 0.123 e. The Balaban J connectivity index is 2.31. The topological polar surface area (TPSA) is 32.3 Å². The van der Waals surface area contributed by atoms with E-state index in [4.69, 9.17) is 0 Å². The van der Waals surface area contributed by atoms with Gasteiger partial charge in [-0.3, -0.25) is 0 Å². The largest absolute Gasteiger partial charge is 0.395 e. The van der Waals surface area contributed by atoms with Gasteiger partial charge in [-0.15, -0.1) is 0 Å². The molecular weight excluding hydrogens is 253 g/mol. The number of aliphatic hydroxyl groups excluding tert-OH is 1. The summed E-state index contributed by atoms with van der Waals surface area (Å²) in [5, 5.41) is 12.8. The van der Waals surface area contributed by atoms with Crippen LogP contribution >= 0.6 is 0 Å². The molecule has 0 saturated carbocycles. The van der Waals surface area contributed by atoms with Gasteiger partial charge in [0.25, 0.3) is 0 Å². The monoisotopic (exact) mass is 273 g/mol. The van der Waals surface area contributed by atoms with E-state index in [0.717, 1.165) is 17.5 Å². The van der Waals surface area contributed by atoms with Gasteiger partial charge in [-0.1, -0.05) is 49.4 Å². The molecule has 2 atom stereocenters. The molecule has 2 aromatic carbocycles. The van der Waals surface area contributed by atoms with E-state index >= 15 is 0 Å². The van der Waals surface area contributed by atoms with E-state index in [1.54, 1.807) is 12.1 Å². The fourth-order valence-electron chi connectivity index (χ4n) is 2.22. The minimum absolute atomic E-state index is 0.0188. The summed E-state index contributed by atoms with van der Waals surface area (Å²) in [4.78, 5) is 0. The van der Waals surface area contributed by atoms with Gasteiger partial charge >= 0.3 is 0 Å². The molecule has 2 aromatic rings. The van der Waals surface area contributed by atoms with Crippen molar-refractivity contribution in [2.45, 2.75) is 25.4 Å². The lowest BCUT2D eigenvalue weighted by atomic mass is 9.97. The summed E-state index contributed by atoms with van der Waals surface area (Å²) < 4.78 is 13.1. The number of hydrogen-bond donors (Lipinski definition) is 2. The van der Waals surface area contributed by atoms with Crippen LogP contribution in [0, 0.1) is 5.82 Å². The first-order chi connectivity index (χ1) is 9.74. The average Bonchev–Trinajstić information content (AvgIpc) is 2.51. The van der Waals surface area contributed by atoms with Crippen LogP contribution in [0.1, 0.15) is 30.5 Å². The van der Waals surface area contributed by atoms with E-state index in [9.17, 15) is 9.50 Å². The van der Waals surface area contributed by atoms with Crippen LogP contribution in [-0.2, 0) is 0 Å². The Morgan fingerprint density at radius 2 is 1.60 bits per heavy atom. The predicted octanol–water partition coefficient (Wildman–Crippen LogP) is 3.28. The Hall–Kier alpha value is -1.71. The number of benzene rings is 2. The Labute approximate surface area is 119 Å². The van der Waals surface area contributed by atoms with E-state index in [0.29, 0.717) is 0 Å². The SMILES string of the molecule is CCC(CO)NC(c1ccccc1)c1ccc(F)cc1. The molecule has 0 radical (unpaired) electrons. The standard InChI is InChI=1S/C17H20FNO/c1-2-16(12-20)19-17(13-6-4-3-5-7-13)14-8-10-15(18)11-9-14/h3-11,16-17,19-20H,2,12H2,1H3. The molecule has 0 aliphatic rings. The lowest BCUT2D eigenvalue weighted by Crippen LogP contribution is -2.35. The fourth-order valence-corrected chi connectivity index (χ4v) is 2.22. The van der Waals surface area contributed by atoms with Crippen molar-refractivity contribution in [3.8, 4) is 0 Å². The lowest BCUT2D eigenvalue weighted by molar-refractivity contribution is 0.232. The molecule has 3 heteroatoms. The summed E-state index contributed by atoms with van der Waals surface area (Å²) in [6.45, 7) is 2.11. The van der Waals surface area contributed by atoms with Gasteiger partial charge < -0.3 is 10.4 Å². The Morgan fingerprint density at radius 1 is 1.00 bits per heavy atom. The van der Waals surface area contributed by atoms with Crippen LogP contribution < -0.4 is 5.32 Å². The highest BCUT2D eigenvalue weighted by molar-refractivity contribution is 5.32. The Bertz CT molecular complexity index is 508. The normalized spacial score (nSPS) is 13.9. The molecule has 2 N–H and O–H groups in total. The highest BCUT2D eigenvalue weighted by atomic mass is 19.1. The van der Waals surface area contributed by atoms with Crippen molar-refractivity contribution in [2.75, 3.05) is 6.61 Å². The van der Waals surface area contributed by atoms with Crippen LogP contribution in [0.4, 0.5) is 4.39 Å². The third-order valence-corrected chi connectivity index (χ3v) is 3.45. The molecule has 0 bridgehead atoms. The predicted molar refractivity (Wildman–Crippen MR) is 79.0 cm³/mol. The zero-order chi connectivity index (χ0) is 14.4. The molecule has 0 aliphatic carbocycles. The van der Waals surface area contributed by atoms with Crippen LogP contribution in [-0.4, -0.2) is 17.8 Å². The zero-order valence-corrected chi connectivity index (χ0v) is 11.6. The highest BCUT2D eigenvalue weighted by Crippen LogP contribution is 2.23. The zero-order valence-electron chi connectivity index (χ0n) is 11.6. The third kappa shape index (κ3) is 3.65. The molecule has 0 aliphatic heterocycles. The van der Waals surface area contributed by atoms with Crippen molar-refractivity contribution in [2.24, 2.45) is 0 Å². The number of aliphatic hydroxyl groups is 1. The summed E-state index contributed by atoms with van der Waals surface area (Å²) in [5.41, 5.74) is 2.09. The molecule has 0 amide bonds. The van der Waals surface area contributed by atoms with Crippen molar-refractivity contribution in [1.29, 1.82) is 0 Å². The van der Waals surface area contributed by atoms with Gasteiger partial charge in [-0.05, 0) is 29.7 Å². The number of hydrogen-bond acceptors (Lipinski definition) is 2. The maximum atomic E-state index is 13.1. The van der Waals surface area contributed by atoms with E-state index < -0.39 is 0 Å². The third-order valence-electron chi connectivity index (χ3n) is 3.45. The maximum Gasteiger partial charge on any atom is 0.123 e. The van der Waals surface area contributed by atoms with Crippen molar-refractivity contribution in [3.05, 3.63) is 71.5 Å². The molecule has 20 heavy (non-hydrogen) atoms. The van der Waals surface area contributed by atoms with Gasteiger partial charge in [0.2, 0.25) is 0 Å². The van der Waals surface area contributed by atoms with Gasteiger partial charge in [0.15, 0.2) is 0 Å². The van der Waals surface area contributed by atoms with Crippen LogP contribution in [0.15, 0.2) is 54.6 Å². The van der Waals surface area contributed by atoms with Gasteiger partial charge in [0.05, 0.1) is 12.6 Å². The van der Waals surface area contributed by atoms with Crippen LogP contribution in [0.5, 0.6) is 0 Å². The first kappa shape index (κ1) is 14.7. The molecule has 2 nitrogen and oxygen atoms in total. The highest BCUT2D eigenvalue weighted by Gasteiger charge is 2.17. The number of halogens is 1. The van der Waals surface area contributed by atoms with E-state index in [1.807, 2.05) is 37.3 Å². The lowest BCUT2D eigenvalue weighted by Gasteiger charge is -2.25. The summed E-state index contributed by atoms with van der Waals surface area (Å²) >= 11 is 0. The first-order valence-corrected chi connectivity index (χ1v) is 6.92. The molecule has 0 heterocycles. The summed E-state index contributed by atoms with van der Waals surface area (Å²) in [6.07, 6.45) is 0.834. The second kappa shape index (κ2) is 7.17. The molecule has 0 aromatic heterocycles. The molecular formula is C17H20FNO. The number of rotatable bonds is 6. The van der Waals surface area contributed by atoms with Gasteiger partial charge in [-0.25, -0.2) is 4.39 Å². The fraction of sp³-hybridized carbons (Fsp3) is 0.294. The molecule has 0 saturated heterocycles. The van der Waals surface area contributed by atoms with Crippen LogP contribution in [0.2, 0.25) is 0 Å². The molecule has 0 spiro atoms. The van der Waals surface area contributed by atoms with Crippen molar-refractivity contribution < 1.29 is 9.50 Å². The van der Waals surface area contributed by atoms with Crippen molar-refractivity contribution in [1.82, 2.24) is 5.32 Å². The van der Waals surface area contributed by atoms with Crippen molar-refractivity contribution in [3.63, 3.8) is 0 Å². The minimum Gasteiger partial charge on any atom is -0.395 e. The summed E-state index contributed by atoms with van der Waals surface area (Å²) in [5.74, 6) is -0.241. The van der Waals surface area contributed by atoms with Gasteiger partial charge in [0, 0.05) is 6.04 Å². The summed E-state index contributed by atoms with van der Waals surface area (Å²) in [7, 11) is 0. The van der Waals surface area contributed by atoms with Gasteiger partial charge in [0.1, 0.15) is 5.82 Å². The maximum absolute atomic E-state index is 13.1. The summed E-state index contributed by atoms with van der Waals surface area (Å²) in [6, 6.07) is 16.5. The van der Waals surface area contributed by atoms with E-state index in [1.165, 1.54) is 12.1 Å². The van der Waals surface area contributed by atoms with E-state index in [2.05, 4.69) is 5.32 Å². The second-order valence-electron chi connectivity index (χ2n) is 4.85. The van der Waals surface area contributed by atoms with Crippen molar-refractivity contribution >= 4 is 0 Å². The van der Waals surface area contributed by atoms with Gasteiger partial charge in [-0.2, -0.15) is 0 Å². The average molecular weight is 273 g/mol. The first-order valence-electron chi connectivity index (χ1n) is 6.92. The number of nitrogens with one attached hydrogen (secondary N) is 1. The van der Waals surface area contributed by atoms with Crippen LogP contribution in [0.25, 0.3) is 0 Å². The molecule has 2 rings (SSSR count). The molecule has 0 fully saturated rings. The minimum atomic E-state index is -0.241. The van der Waals surface area contributed by atoms with E-state index in [-0.39, 0.29) is 24.5 Å². The second-order valence-corrected chi connectivity index (χ2v) is 4.85. The quantitative estimate of drug-likeness (QED) is 0.846. The molecule has 2 unspecified atom stereocenters. The van der Waals surface area contributed by atoms with Crippen LogP contribution in [0.3, 0.4) is 0 Å². The Morgan fingerprint density at radius 3 is 2.15 bits per heavy atom. The molecule has 106 valence electrons. The Kier molecular flexibility index (Phi) is 5.27.